The smallest absolute Gasteiger partial charge is 0.310 e. The molecule has 1 fully saturated rings. The number of aliphatic hydroxyl groups is 1. The van der Waals surface area contributed by atoms with E-state index in [9.17, 15) is 15.2 Å². The molecule has 0 radical (unpaired) electrons. The van der Waals surface area contributed by atoms with E-state index in [2.05, 4.69) is 5.10 Å². The fourth-order valence-corrected chi connectivity index (χ4v) is 2.57. The summed E-state index contributed by atoms with van der Waals surface area (Å²) >= 11 is 0. The van der Waals surface area contributed by atoms with E-state index >= 15 is 0 Å². The maximum atomic E-state index is 10.9. The molecule has 0 aromatic carbocycles. The van der Waals surface area contributed by atoms with Crippen LogP contribution in [0.3, 0.4) is 0 Å². The van der Waals surface area contributed by atoms with Gasteiger partial charge in [0.1, 0.15) is 11.9 Å². The molecule has 1 heterocycles. The van der Waals surface area contributed by atoms with Crippen molar-refractivity contribution < 1.29 is 10.0 Å². The molecule has 1 aromatic rings. The van der Waals surface area contributed by atoms with Crippen molar-refractivity contribution in [3.8, 4) is 0 Å². The lowest BCUT2D eigenvalue weighted by Crippen LogP contribution is -2.23. The average Bonchev–Trinajstić information content (AvgIpc) is 2.54. The Kier molecular flexibility index (Phi) is 2.10. The molecule has 6 heteroatoms. The Morgan fingerprint density at radius 2 is 2.25 bits per heavy atom. The lowest BCUT2D eigenvalue weighted by Gasteiger charge is -2.17. The largest absolute Gasteiger partial charge is 0.395 e. The van der Waals surface area contributed by atoms with E-state index in [0.717, 1.165) is 6.42 Å². The number of hydrogen-bond donors (Lipinski definition) is 1. The maximum Gasteiger partial charge on any atom is 0.310 e. The quantitative estimate of drug-likeness (QED) is 0.614. The summed E-state index contributed by atoms with van der Waals surface area (Å²) in [4.78, 5) is 10.5. The van der Waals surface area contributed by atoms with Crippen molar-refractivity contribution in [1.82, 2.24) is 9.78 Å². The summed E-state index contributed by atoms with van der Waals surface area (Å²) in [6.45, 7) is 3.92. The number of nitro groups is 1. The zero-order valence-electron chi connectivity index (χ0n) is 9.60. The lowest BCUT2D eigenvalue weighted by atomic mass is 9.92. The van der Waals surface area contributed by atoms with Crippen molar-refractivity contribution in [2.45, 2.75) is 25.7 Å². The molecule has 1 aliphatic rings. The van der Waals surface area contributed by atoms with Gasteiger partial charge in [0.2, 0.25) is 0 Å². The number of hydrogen-bond acceptors (Lipinski definition) is 4. The molecule has 0 bridgehead atoms. The summed E-state index contributed by atoms with van der Waals surface area (Å²) in [6.07, 6.45) is 2.00. The van der Waals surface area contributed by atoms with Crippen LogP contribution in [0.25, 0.3) is 0 Å². The molecule has 1 N–H and O–H groups in total. The van der Waals surface area contributed by atoms with Gasteiger partial charge in [0.05, 0.1) is 11.5 Å². The molecule has 1 aliphatic carbocycles. The molecule has 0 aliphatic heterocycles. The Labute approximate surface area is 93.0 Å². The molecule has 0 spiro atoms. The van der Waals surface area contributed by atoms with Gasteiger partial charge in [-0.1, -0.05) is 13.8 Å². The molecule has 6 nitrogen and oxygen atoms in total. The molecule has 0 amide bonds. The highest BCUT2D eigenvalue weighted by molar-refractivity contribution is 5.46. The third-order valence-electron chi connectivity index (χ3n) is 3.75. The molecule has 16 heavy (non-hydrogen) atoms. The van der Waals surface area contributed by atoms with Crippen LogP contribution in [0, 0.1) is 15.5 Å². The molecule has 88 valence electrons. The van der Waals surface area contributed by atoms with Crippen molar-refractivity contribution in [3.63, 3.8) is 0 Å². The van der Waals surface area contributed by atoms with Gasteiger partial charge in [0.15, 0.2) is 0 Å². The van der Waals surface area contributed by atoms with E-state index < -0.39 is 10.3 Å². The van der Waals surface area contributed by atoms with E-state index in [1.165, 1.54) is 10.9 Å². The monoisotopic (exact) mass is 225 g/mol. The summed E-state index contributed by atoms with van der Waals surface area (Å²) in [6, 6.07) is 0. The molecular formula is C10H15N3O3. The average molecular weight is 225 g/mol. The minimum absolute atomic E-state index is 0.00197. The van der Waals surface area contributed by atoms with Gasteiger partial charge in [-0.05, 0) is 11.8 Å². The summed E-state index contributed by atoms with van der Waals surface area (Å²) < 4.78 is 1.50. The Hall–Kier alpha value is -1.43. The number of rotatable bonds is 3. The van der Waals surface area contributed by atoms with Crippen LogP contribution in [-0.2, 0) is 12.5 Å². The van der Waals surface area contributed by atoms with Gasteiger partial charge < -0.3 is 5.11 Å². The van der Waals surface area contributed by atoms with E-state index in [-0.39, 0.29) is 17.7 Å². The van der Waals surface area contributed by atoms with E-state index in [1.807, 2.05) is 13.8 Å². The maximum absolute atomic E-state index is 10.9. The zero-order chi connectivity index (χ0) is 12.1. The normalized spacial score (nSPS) is 26.8. The molecule has 1 unspecified atom stereocenters. The Balaban J connectivity index is 2.56. The van der Waals surface area contributed by atoms with Crippen LogP contribution in [0.1, 0.15) is 26.0 Å². The number of aromatic nitrogens is 2. The fourth-order valence-electron chi connectivity index (χ4n) is 2.57. The molecule has 1 atom stereocenters. The van der Waals surface area contributed by atoms with Gasteiger partial charge in [0.25, 0.3) is 0 Å². The number of nitrogens with zero attached hydrogens (tertiary/aromatic N) is 3. The topological polar surface area (TPSA) is 81.2 Å². The minimum atomic E-state index is -0.513. The number of aryl methyl sites for hydroxylation is 1. The predicted molar refractivity (Wildman–Crippen MR) is 57.0 cm³/mol. The highest BCUT2D eigenvalue weighted by atomic mass is 16.6. The third-order valence-corrected chi connectivity index (χ3v) is 3.75. The second-order valence-electron chi connectivity index (χ2n) is 5.06. The van der Waals surface area contributed by atoms with Gasteiger partial charge in [-0.2, -0.15) is 5.10 Å². The van der Waals surface area contributed by atoms with Gasteiger partial charge >= 0.3 is 5.69 Å². The first-order valence-corrected chi connectivity index (χ1v) is 5.13. The molecule has 2 rings (SSSR count). The van der Waals surface area contributed by atoms with Gasteiger partial charge in [-0.25, -0.2) is 0 Å². The van der Waals surface area contributed by atoms with E-state index in [4.69, 9.17) is 0 Å². The Morgan fingerprint density at radius 3 is 2.62 bits per heavy atom. The Bertz CT molecular complexity index is 452. The summed E-state index contributed by atoms with van der Waals surface area (Å²) in [7, 11) is 1.67. The highest BCUT2D eigenvalue weighted by Crippen LogP contribution is 2.65. The number of aliphatic hydroxyl groups excluding tert-OH is 1. The molecule has 1 saturated carbocycles. The SMILES string of the molecule is Cn1ncc([N+](=O)[O-])c1C1(CO)CC1(C)C. The van der Waals surface area contributed by atoms with Crippen LogP contribution in [-0.4, -0.2) is 26.4 Å². The second kappa shape index (κ2) is 3.04. The minimum Gasteiger partial charge on any atom is -0.395 e. The summed E-state index contributed by atoms with van der Waals surface area (Å²) in [5.41, 5.74) is -0.0897. The Morgan fingerprint density at radius 1 is 1.69 bits per heavy atom. The zero-order valence-corrected chi connectivity index (χ0v) is 9.60. The van der Waals surface area contributed by atoms with Gasteiger partial charge in [-0.3, -0.25) is 14.8 Å². The van der Waals surface area contributed by atoms with Crippen LogP contribution in [0.5, 0.6) is 0 Å². The van der Waals surface area contributed by atoms with Crippen LogP contribution >= 0.6 is 0 Å². The standard InChI is InChI=1S/C10H15N3O3/c1-9(2)5-10(9,6-14)8-7(13(15)16)4-11-12(8)3/h4,14H,5-6H2,1-3H3. The summed E-state index contributed by atoms with van der Waals surface area (Å²) in [5.74, 6) is 0. The first kappa shape index (κ1) is 11.1. The van der Waals surface area contributed by atoms with Crippen LogP contribution in [0.4, 0.5) is 5.69 Å². The fraction of sp³-hybridized carbons (Fsp3) is 0.700. The third kappa shape index (κ3) is 1.19. The first-order chi connectivity index (χ1) is 7.35. The van der Waals surface area contributed by atoms with Gasteiger partial charge in [-0.15, -0.1) is 0 Å². The van der Waals surface area contributed by atoms with Crippen molar-refractivity contribution in [3.05, 3.63) is 22.0 Å². The molecule has 0 saturated heterocycles. The first-order valence-electron chi connectivity index (χ1n) is 5.13. The van der Waals surface area contributed by atoms with Crippen molar-refractivity contribution in [2.24, 2.45) is 12.5 Å². The summed E-state index contributed by atoms with van der Waals surface area (Å²) in [5, 5.41) is 24.4. The lowest BCUT2D eigenvalue weighted by molar-refractivity contribution is -0.386. The van der Waals surface area contributed by atoms with E-state index in [0.29, 0.717) is 5.69 Å². The highest BCUT2D eigenvalue weighted by Gasteiger charge is 2.65. The molecule has 1 aromatic heterocycles. The van der Waals surface area contributed by atoms with Crippen LogP contribution < -0.4 is 0 Å². The van der Waals surface area contributed by atoms with Crippen molar-refractivity contribution in [1.29, 1.82) is 0 Å². The van der Waals surface area contributed by atoms with E-state index in [1.54, 1.807) is 7.05 Å². The van der Waals surface area contributed by atoms with Gasteiger partial charge in [0, 0.05) is 12.5 Å². The van der Waals surface area contributed by atoms with Crippen LogP contribution in [0.2, 0.25) is 0 Å². The second-order valence-corrected chi connectivity index (χ2v) is 5.06. The van der Waals surface area contributed by atoms with Crippen LogP contribution in [0.15, 0.2) is 6.20 Å². The van der Waals surface area contributed by atoms with Crippen molar-refractivity contribution >= 4 is 5.69 Å². The van der Waals surface area contributed by atoms with Crippen molar-refractivity contribution in [2.75, 3.05) is 6.61 Å². The molecular weight excluding hydrogens is 210 g/mol. The predicted octanol–water partition coefficient (Wildman–Crippen LogP) is 0.988.